The Labute approximate surface area is 329 Å². The van der Waals surface area contributed by atoms with Crippen molar-refractivity contribution < 1.29 is 0 Å². The molecule has 0 spiro atoms. The second-order valence-corrected chi connectivity index (χ2v) is 15.1. The highest BCUT2D eigenvalue weighted by atomic mass is 15.1. The maximum Gasteiger partial charge on any atom is 0.145 e. The molecule has 1 heterocycles. The van der Waals surface area contributed by atoms with Gasteiger partial charge in [-0.3, -0.25) is 4.57 Å². The second kappa shape index (κ2) is 12.5. The van der Waals surface area contributed by atoms with Crippen LogP contribution >= 0.6 is 0 Å². The fourth-order valence-electron chi connectivity index (χ4n) is 9.36. The summed E-state index contributed by atoms with van der Waals surface area (Å²) in [6.07, 6.45) is 0. The third-order valence-electron chi connectivity index (χ3n) is 12.0. The van der Waals surface area contributed by atoms with Crippen LogP contribution in [0.4, 0.5) is 0 Å². The first-order valence-corrected chi connectivity index (χ1v) is 19.6. The van der Waals surface area contributed by atoms with E-state index in [4.69, 9.17) is 4.98 Å². The molecular weight excluding hydrogens is 689 g/mol. The van der Waals surface area contributed by atoms with E-state index in [0.717, 1.165) is 28.1 Å². The number of aromatic nitrogens is 2. The van der Waals surface area contributed by atoms with Gasteiger partial charge in [0.2, 0.25) is 0 Å². The number of hydrogen-bond acceptors (Lipinski definition) is 1. The van der Waals surface area contributed by atoms with Crippen molar-refractivity contribution in [3.8, 4) is 39.3 Å². The summed E-state index contributed by atoms with van der Waals surface area (Å²) in [5.74, 6) is 0.941. The summed E-state index contributed by atoms with van der Waals surface area (Å²) >= 11 is 0. The van der Waals surface area contributed by atoms with Gasteiger partial charge in [0.25, 0.3) is 0 Å². The van der Waals surface area contributed by atoms with Crippen LogP contribution in [0.25, 0.3) is 115 Å². The lowest BCUT2D eigenvalue weighted by Gasteiger charge is -2.16. The highest BCUT2D eigenvalue weighted by Gasteiger charge is 2.18. The Balaban J connectivity index is 1.02. The summed E-state index contributed by atoms with van der Waals surface area (Å²) in [4.78, 5) is 5.13. The standard InChI is InChI=1S/C55H34N2/c1-2-12-39(13-3-1)55-56-50-22-8-9-23-52(50)57(55)51-33-32-41(42-16-6-7-19-46(42)51)36-26-24-35(25-27-36)40-30-31-45-48-21-11-15-38-29-28-37-14-10-20-47(53(37)54(38)48)43-17-4-5-18-44(43)49(45)34-40/h1-34H. The van der Waals surface area contributed by atoms with Crippen LogP contribution in [-0.2, 0) is 0 Å². The minimum Gasteiger partial charge on any atom is -0.292 e. The zero-order valence-corrected chi connectivity index (χ0v) is 31.0. The lowest BCUT2D eigenvalue weighted by atomic mass is 9.89. The Morgan fingerprint density at radius 2 is 0.877 bits per heavy atom. The van der Waals surface area contributed by atoms with Gasteiger partial charge in [-0.25, -0.2) is 4.98 Å². The van der Waals surface area contributed by atoms with Crippen molar-refractivity contribution in [2.24, 2.45) is 0 Å². The van der Waals surface area contributed by atoms with E-state index in [-0.39, 0.29) is 0 Å². The topological polar surface area (TPSA) is 17.8 Å². The van der Waals surface area contributed by atoms with Gasteiger partial charge >= 0.3 is 0 Å². The number of hydrogen-bond donors (Lipinski definition) is 0. The lowest BCUT2D eigenvalue weighted by molar-refractivity contribution is 1.11. The van der Waals surface area contributed by atoms with Crippen molar-refractivity contribution in [3.05, 3.63) is 206 Å². The summed E-state index contributed by atoms with van der Waals surface area (Å²) in [7, 11) is 0. The Kier molecular flexibility index (Phi) is 6.96. The smallest absolute Gasteiger partial charge is 0.145 e. The third-order valence-corrected chi connectivity index (χ3v) is 12.0. The molecule has 0 unspecified atom stereocenters. The highest BCUT2D eigenvalue weighted by molar-refractivity contribution is 6.32. The molecule has 12 rings (SSSR count). The first kappa shape index (κ1) is 31.8. The zero-order valence-electron chi connectivity index (χ0n) is 31.0. The molecule has 0 N–H and O–H groups in total. The largest absolute Gasteiger partial charge is 0.292 e. The van der Waals surface area contributed by atoms with E-state index in [9.17, 15) is 0 Å². The van der Waals surface area contributed by atoms with Crippen molar-refractivity contribution in [3.63, 3.8) is 0 Å². The normalized spacial score (nSPS) is 11.9. The first-order valence-electron chi connectivity index (χ1n) is 19.6. The van der Waals surface area contributed by atoms with Gasteiger partial charge in [0.15, 0.2) is 0 Å². The van der Waals surface area contributed by atoms with Crippen LogP contribution < -0.4 is 0 Å². The number of nitrogens with zero attached hydrogens (tertiary/aromatic N) is 2. The predicted octanol–water partition coefficient (Wildman–Crippen LogP) is 14.9. The van der Waals surface area contributed by atoms with Crippen LogP contribution in [0.15, 0.2) is 206 Å². The molecule has 0 amide bonds. The SMILES string of the molecule is c1ccc(-c2nc3ccccc3n2-c2ccc(-c3ccc(-c4ccc5c(c4)c4ccccc4c4cccc6ccc7cccc5c7c64)cc3)c3ccccc23)cc1. The van der Waals surface area contributed by atoms with Crippen molar-refractivity contribution >= 4 is 75.7 Å². The fourth-order valence-corrected chi connectivity index (χ4v) is 9.36. The summed E-state index contributed by atoms with van der Waals surface area (Å²) in [6, 6.07) is 75.3. The van der Waals surface area contributed by atoms with Crippen LogP contribution in [-0.4, -0.2) is 9.55 Å². The number of imidazole rings is 1. The second-order valence-electron chi connectivity index (χ2n) is 15.1. The number of fused-ring (bicyclic) bond motifs is 7. The molecule has 12 aromatic rings. The maximum atomic E-state index is 5.13. The van der Waals surface area contributed by atoms with Crippen LogP contribution in [0.1, 0.15) is 0 Å². The summed E-state index contributed by atoms with van der Waals surface area (Å²) < 4.78 is 2.32. The van der Waals surface area contributed by atoms with Crippen molar-refractivity contribution in [1.82, 2.24) is 9.55 Å². The maximum absolute atomic E-state index is 5.13. The monoisotopic (exact) mass is 722 g/mol. The van der Waals surface area contributed by atoms with Crippen molar-refractivity contribution in [1.29, 1.82) is 0 Å². The third kappa shape index (κ3) is 4.87. The van der Waals surface area contributed by atoms with E-state index >= 15 is 0 Å². The molecule has 0 aliphatic heterocycles. The highest BCUT2D eigenvalue weighted by Crippen LogP contribution is 2.42. The quantitative estimate of drug-likeness (QED) is 0.165. The Morgan fingerprint density at radius 1 is 0.316 bits per heavy atom. The molecule has 0 fully saturated rings. The molecule has 2 nitrogen and oxygen atoms in total. The minimum absolute atomic E-state index is 0.941. The fraction of sp³-hybridized carbons (Fsp3) is 0. The van der Waals surface area contributed by atoms with Gasteiger partial charge < -0.3 is 0 Å². The summed E-state index contributed by atoms with van der Waals surface area (Å²) in [6.45, 7) is 0. The number of para-hydroxylation sites is 2. The molecule has 57 heavy (non-hydrogen) atoms. The molecule has 2 heteroatoms. The molecule has 0 aliphatic carbocycles. The molecule has 0 atom stereocenters. The number of rotatable bonds is 4. The molecule has 11 aromatic carbocycles. The van der Waals surface area contributed by atoms with Gasteiger partial charge in [-0.05, 0) is 106 Å². The Bertz CT molecular complexity index is 3560. The van der Waals surface area contributed by atoms with Crippen LogP contribution in [0.2, 0.25) is 0 Å². The van der Waals surface area contributed by atoms with E-state index in [1.165, 1.54) is 86.9 Å². The molecular formula is C55H34N2. The van der Waals surface area contributed by atoms with E-state index in [2.05, 4.69) is 211 Å². The Morgan fingerprint density at radius 3 is 1.61 bits per heavy atom. The lowest BCUT2D eigenvalue weighted by Crippen LogP contribution is -1.99. The average Bonchev–Trinajstić information content (AvgIpc) is 3.67. The molecule has 0 radical (unpaired) electrons. The molecule has 264 valence electrons. The van der Waals surface area contributed by atoms with Gasteiger partial charge in [0.1, 0.15) is 5.82 Å². The molecule has 0 bridgehead atoms. The first-order chi connectivity index (χ1) is 28.3. The molecule has 0 saturated heterocycles. The summed E-state index contributed by atoms with van der Waals surface area (Å²) in [5, 5.41) is 15.2. The summed E-state index contributed by atoms with van der Waals surface area (Å²) in [5.41, 5.74) is 9.08. The van der Waals surface area contributed by atoms with Gasteiger partial charge in [-0.2, -0.15) is 0 Å². The van der Waals surface area contributed by atoms with Crippen molar-refractivity contribution in [2.75, 3.05) is 0 Å². The van der Waals surface area contributed by atoms with Crippen LogP contribution in [0.3, 0.4) is 0 Å². The van der Waals surface area contributed by atoms with Gasteiger partial charge in [0.05, 0.1) is 16.7 Å². The van der Waals surface area contributed by atoms with E-state index in [1.807, 2.05) is 0 Å². The van der Waals surface area contributed by atoms with Crippen LogP contribution in [0.5, 0.6) is 0 Å². The van der Waals surface area contributed by atoms with Crippen LogP contribution in [0, 0.1) is 0 Å². The van der Waals surface area contributed by atoms with Gasteiger partial charge in [0, 0.05) is 10.9 Å². The van der Waals surface area contributed by atoms with Gasteiger partial charge in [-0.15, -0.1) is 0 Å². The Hall–Kier alpha value is -7.55. The molecule has 0 saturated carbocycles. The van der Waals surface area contributed by atoms with E-state index < -0.39 is 0 Å². The van der Waals surface area contributed by atoms with Gasteiger partial charge in [-0.1, -0.05) is 182 Å². The molecule has 1 aromatic heterocycles. The minimum atomic E-state index is 0.941. The van der Waals surface area contributed by atoms with Crippen molar-refractivity contribution in [2.45, 2.75) is 0 Å². The predicted molar refractivity (Wildman–Crippen MR) is 242 cm³/mol. The van der Waals surface area contributed by atoms with E-state index in [0.29, 0.717) is 0 Å². The average molecular weight is 723 g/mol. The zero-order chi connectivity index (χ0) is 37.5. The molecule has 0 aliphatic rings. The number of benzene rings is 10. The van der Waals surface area contributed by atoms with E-state index in [1.54, 1.807) is 0 Å².